The first-order chi connectivity index (χ1) is 12.6. The van der Waals surface area contributed by atoms with E-state index >= 15 is 0 Å². The number of nitrogens with zero attached hydrogens (tertiary/aromatic N) is 1. The van der Waals surface area contributed by atoms with Crippen molar-refractivity contribution in [1.29, 1.82) is 0 Å². The summed E-state index contributed by atoms with van der Waals surface area (Å²) in [6.07, 6.45) is 0.622. The third-order valence-corrected chi connectivity index (χ3v) is 4.81. The fourth-order valence-corrected chi connectivity index (χ4v) is 3.27. The van der Waals surface area contributed by atoms with Crippen LogP contribution in [0.4, 0.5) is 0 Å². The van der Waals surface area contributed by atoms with E-state index in [-0.39, 0.29) is 0 Å². The number of piperidine rings is 1. The van der Waals surface area contributed by atoms with Crippen LogP contribution < -0.4 is 4.74 Å². The standard InChI is InChI=1S/C21H25NO4/c23-20-10-12-22(15-19(20)21(24)25)14-17-6-8-18(9-7-17)26-13-11-16-4-2-1-3-5-16/h1-9,19-20,23H,10-15H2,(H,24,25)/t19-,20-/m0/s1. The minimum absolute atomic E-state index is 0.381. The molecule has 0 amide bonds. The third-order valence-electron chi connectivity index (χ3n) is 4.81. The minimum atomic E-state index is -0.927. The number of carboxylic acids is 1. The van der Waals surface area contributed by atoms with Crippen molar-refractivity contribution in [3.05, 3.63) is 65.7 Å². The monoisotopic (exact) mass is 355 g/mol. The summed E-state index contributed by atoms with van der Waals surface area (Å²) in [5, 5.41) is 19.0. The van der Waals surface area contributed by atoms with Crippen LogP contribution in [0.5, 0.6) is 5.75 Å². The molecule has 5 heteroatoms. The molecule has 1 aliphatic rings. The second kappa shape index (κ2) is 8.83. The first-order valence-corrected chi connectivity index (χ1v) is 9.01. The number of carbonyl (C=O) groups is 1. The Morgan fingerprint density at radius 1 is 1.08 bits per heavy atom. The molecule has 1 fully saturated rings. The first kappa shape index (κ1) is 18.4. The van der Waals surface area contributed by atoms with Crippen LogP contribution in [-0.2, 0) is 17.8 Å². The molecule has 2 aromatic carbocycles. The van der Waals surface area contributed by atoms with Gasteiger partial charge in [-0.25, -0.2) is 0 Å². The van der Waals surface area contributed by atoms with E-state index in [1.807, 2.05) is 42.5 Å². The molecule has 138 valence electrons. The van der Waals surface area contributed by atoms with E-state index in [9.17, 15) is 15.0 Å². The Kier molecular flexibility index (Phi) is 6.26. The fraction of sp³-hybridized carbons (Fsp3) is 0.381. The van der Waals surface area contributed by atoms with E-state index in [1.54, 1.807) is 0 Å². The summed E-state index contributed by atoms with van der Waals surface area (Å²) >= 11 is 0. The van der Waals surface area contributed by atoms with Crippen molar-refractivity contribution >= 4 is 5.97 Å². The maximum Gasteiger partial charge on any atom is 0.310 e. The Balaban J connectivity index is 1.47. The molecule has 3 rings (SSSR count). The molecule has 0 saturated carbocycles. The van der Waals surface area contributed by atoms with Crippen LogP contribution in [0.25, 0.3) is 0 Å². The lowest BCUT2D eigenvalue weighted by molar-refractivity contribution is -0.149. The van der Waals surface area contributed by atoms with Crippen molar-refractivity contribution in [3.8, 4) is 5.75 Å². The molecule has 5 nitrogen and oxygen atoms in total. The Morgan fingerprint density at radius 2 is 1.81 bits per heavy atom. The van der Waals surface area contributed by atoms with Crippen LogP contribution in [-0.4, -0.2) is 46.9 Å². The Bertz CT molecular complexity index is 702. The molecular formula is C21H25NO4. The van der Waals surface area contributed by atoms with Crippen LogP contribution in [0.15, 0.2) is 54.6 Å². The van der Waals surface area contributed by atoms with Gasteiger partial charge in [0.15, 0.2) is 0 Å². The lowest BCUT2D eigenvalue weighted by Crippen LogP contribution is -2.46. The summed E-state index contributed by atoms with van der Waals surface area (Å²) in [5.41, 5.74) is 2.37. The molecule has 0 unspecified atom stereocenters. The lowest BCUT2D eigenvalue weighted by Gasteiger charge is -2.34. The van der Waals surface area contributed by atoms with Gasteiger partial charge in [0, 0.05) is 26.1 Å². The highest BCUT2D eigenvalue weighted by Gasteiger charge is 2.32. The zero-order valence-electron chi connectivity index (χ0n) is 14.8. The Morgan fingerprint density at radius 3 is 2.50 bits per heavy atom. The van der Waals surface area contributed by atoms with Gasteiger partial charge < -0.3 is 14.9 Å². The van der Waals surface area contributed by atoms with Gasteiger partial charge in [-0.05, 0) is 29.7 Å². The number of rotatable bonds is 7. The number of carboxylic acid groups (broad SMARTS) is 1. The highest BCUT2D eigenvalue weighted by atomic mass is 16.5. The number of aliphatic hydroxyl groups excluding tert-OH is 1. The molecule has 0 spiro atoms. The van der Waals surface area contributed by atoms with Crippen molar-refractivity contribution < 1.29 is 19.7 Å². The zero-order chi connectivity index (χ0) is 18.4. The summed E-state index contributed by atoms with van der Waals surface area (Å²) in [7, 11) is 0. The summed E-state index contributed by atoms with van der Waals surface area (Å²) in [6, 6.07) is 18.2. The van der Waals surface area contributed by atoms with E-state index in [2.05, 4.69) is 17.0 Å². The van der Waals surface area contributed by atoms with Gasteiger partial charge in [0.1, 0.15) is 5.75 Å². The molecule has 0 aromatic heterocycles. The largest absolute Gasteiger partial charge is 0.493 e. The smallest absolute Gasteiger partial charge is 0.310 e. The second-order valence-electron chi connectivity index (χ2n) is 6.76. The molecule has 1 heterocycles. The van der Waals surface area contributed by atoms with Gasteiger partial charge in [0.25, 0.3) is 0 Å². The van der Waals surface area contributed by atoms with Gasteiger partial charge in [0.05, 0.1) is 18.6 Å². The van der Waals surface area contributed by atoms with Crippen LogP contribution in [0, 0.1) is 5.92 Å². The van der Waals surface area contributed by atoms with Crippen molar-refractivity contribution in [2.45, 2.75) is 25.5 Å². The maximum atomic E-state index is 11.2. The van der Waals surface area contributed by atoms with Gasteiger partial charge in [0.2, 0.25) is 0 Å². The van der Waals surface area contributed by atoms with Gasteiger partial charge in [-0.15, -0.1) is 0 Å². The molecular weight excluding hydrogens is 330 g/mol. The Hall–Kier alpha value is -2.37. The summed E-state index contributed by atoms with van der Waals surface area (Å²) < 4.78 is 5.79. The molecule has 0 radical (unpaired) electrons. The Labute approximate surface area is 153 Å². The molecule has 2 atom stereocenters. The number of benzene rings is 2. The number of aliphatic carboxylic acids is 1. The first-order valence-electron chi connectivity index (χ1n) is 9.01. The molecule has 1 saturated heterocycles. The van der Waals surface area contributed by atoms with E-state index in [0.29, 0.717) is 32.7 Å². The van der Waals surface area contributed by atoms with Crippen LogP contribution >= 0.6 is 0 Å². The zero-order valence-corrected chi connectivity index (χ0v) is 14.8. The van der Waals surface area contributed by atoms with Crippen molar-refractivity contribution in [2.75, 3.05) is 19.7 Å². The topological polar surface area (TPSA) is 70.0 Å². The van der Waals surface area contributed by atoms with E-state index in [1.165, 1.54) is 5.56 Å². The van der Waals surface area contributed by atoms with Gasteiger partial charge in [-0.1, -0.05) is 42.5 Å². The molecule has 0 bridgehead atoms. The average Bonchev–Trinajstić information content (AvgIpc) is 2.65. The lowest BCUT2D eigenvalue weighted by atomic mass is 9.94. The van der Waals surface area contributed by atoms with Crippen molar-refractivity contribution in [2.24, 2.45) is 5.92 Å². The summed E-state index contributed by atoms with van der Waals surface area (Å²) in [4.78, 5) is 13.3. The van der Waals surface area contributed by atoms with Crippen LogP contribution in [0.1, 0.15) is 17.5 Å². The predicted molar refractivity (Wildman–Crippen MR) is 99.1 cm³/mol. The summed E-state index contributed by atoms with van der Waals surface area (Å²) in [6.45, 7) is 2.40. The summed E-state index contributed by atoms with van der Waals surface area (Å²) in [5.74, 6) is -0.795. The van der Waals surface area contributed by atoms with E-state index in [0.717, 1.165) is 17.7 Å². The highest BCUT2D eigenvalue weighted by Crippen LogP contribution is 2.21. The highest BCUT2D eigenvalue weighted by molar-refractivity contribution is 5.71. The minimum Gasteiger partial charge on any atom is -0.493 e. The molecule has 26 heavy (non-hydrogen) atoms. The molecule has 2 N–H and O–H groups in total. The number of ether oxygens (including phenoxy) is 1. The van der Waals surface area contributed by atoms with Gasteiger partial charge in [-0.3, -0.25) is 9.69 Å². The van der Waals surface area contributed by atoms with E-state index < -0.39 is 18.0 Å². The number of hydrogen-bond donors (Lipinski definition) is 2. The predicted octanol–water partition coefficient (Wildman–Crippen LogP) is 2.58. The fourth-order valence-electron chi connectivity index (χ4n) is 3.27. The van der Waals surface area contributed by atoms with E-state index in [4.69, 9.17) is 4.74 Å². The quantitative estimate of drug-likeness (QED) is 0.799. The van der Waals surface area contributed by atoms with Gasteiger partial charge in [-0.2, -0.15) is 0 Å². The normalized spacial score (nSPS) is 20.7. The van der Waals surface area contributed by atoms with Gasteiger partial charge >= 0.3 is 5.97 Å². The molecule has 0 aliphatic carbocycles. The maximum absolute atomic E-state index is 11.2. The van der Waals surface area contributed by atoms with Crippen LogP contribution in [0.2, 0.25) is 0 Å². The van der Waals surface area contributed by atoms with Crippen LogP contribution in [0.3, 0.4) is 0 Å². The van der Waals surface area contributed by atoms with Crippen molar-refractivity contribution in [3.63, 3.8) is 0 Å². The second-order valence-corrected chi connectivity index (χ2v) is 6.76. The molecule has 2 aromatic rings. The number of aliphatic hydroxyl groups is 1. The van der Waals surface area contributed by atoms with Crippen molar-refractivity contribution in [1.82, 2.24) is 4.90 Å². The molecule has 1 aliphatic heterocycles. The SMILES string of the molecule is O=C(O)[C@H]1CN(Cc2ccc(OCCc3ccccc3)cc2)CC[C@@H]1O. The average molecular weight is 355 g/mol. The number of likely N-dealkylation sites (tertiary alicyclic amines) is 1. The third kappa shape index (κ3) is 5.07. The number of hydrogen-bond acceptors (Lipinski definition) is 4.